The first kappa shape index (κ1) is 20.7. The van der Waals surface area contributed by atoms with Gasteiger partial charge in [0.15, 0.2) is 14.9 Å². The Morgan fingerprint density at radius 3 is 2.48 bits per heavy atom. The molecule has 0 bridgehead atoms. The fraction of sp³-hybridized carbons (Fsp3) is 0.222. The Morgan fingerprint density at radius 1 is 1.11 bits per heavy atom. The van der Waals surface area contributed by atoms with Crippen molar-refractivity contribution in [2.24, 2.45) is 0 Å². The lowest BCUT2D eigenvalue weighted by Crippen LogP contribution is -2.44. The summed E-state index contributed by atoms with van der Waals surface area (Å²) in [5.41, 5.74) is 6.56. The first-order chi connectivity index (χ1) is 12.8. The van der Waals surface area contributed by atoms with Crippen molar-refractivity contribution in [1.29, 1.82) is 0 Å². The summed E-state index contributed by atoms with van der Waals surface area (Å²) in [6.45, 7) is 1.87. The molecule has 0 saturated heterocycles. The minimum absolute atomic E-state index is 0.165. The van der Waals surface area contributed by atoms with Gasteiger partial charge in [-0.1, -0.05) is 23.8 Å². The van der Waals surface area contributed by atoms with Crippen LogP contribution in [0.2, 0.25) is 0 Å². The molecule has 0 unspecified atom stereocenters. The molecule has 2 aromatic rings. The smallest absolute Gasteiger partial charge is 0.239 e. The van der Waals surface area contributed by atoms with E-state index in [1.165, 1.54) is 12.1 Å². The summed E-state index contributed by atoms with van der Waals surface area (Å²) in [6, 6.07) is 13.6. The number of benzene rings is 2. The van der Waals surface area contributed by atoms with Gasteiger partial charge in [-0.15, -0.1) is 0 Å². The largest absolute Gasteiger partial charge is 0.497 e. The third kappa shape index (κ3) is 6.54. The standard InChI is InChI=1S/C18H21N3O4S2/c1-13-6-8-16(9-7-13)27(23,24)11-10-17(22)20-21-18(26)19-14-4-3-5-15(12-14)25-2/h3-9,12H,10-11H2,1-2H3,(H,20,22)(H2,19,21,26). The minimum atomic E-state index is -3.52. The number of anilines is 1. The van der Waals surface area contributed by atoms with E-state index in [0.717, 1.165) is 5.56 Å². The molecule has 9 heteroatoms. The Labute approximate surface area is 164 Å². The number of thiocarbonyl (C=S) groups is 1. The molecule has 0 aliphatic carbocycles. The molecular weight excluding hydrogens is 386 g/mol. The minimum Gasteiger partial charge on any atom is -0.497 e. The zero-order valence-electron chi connectivity index (χ0n) is 15.0. The van der Waals surface area contributed by atoms with Crippen LogP contribution in [0.1, 0.15) is 12.0 Å². The number of amides is 1. The van der Waals surface area contributed by atoms with E-state index in [0.29, 0.717) is 11.4 Å². The molecule has 27 heavy (non-hydrogen) atoms. The van der Waals surface area contributed by atoms with Gasteiger partial charge in [0.25, 0.3) is 0 Å². The Hall–Kier alpha value is -2.65. The van der Waals surface area contributed by atoms with Gasteiger partial charge in [-0.2, -0.15) is 0 Å². The Morgan fingerprint density at radius 2 is 1.81 bits per heavy atom. The highest BCUT2D eigenvalue weighted by atomic mass is 32.2. The number of methoxy groups -OCH3 is 1. The lowest BCUT2D eigenvalue weighted by Gasteiger charge is -2.12. The third-order valence-corrected chi connectivity index (χ3v) is 5.56. The highest BCUT2D eigenvalue weighted by Gasteiger charge is 2.16. The summed E-state index contributed by atoms with van der Waals surface area (Å²) in [5.74, 6) is -0.117. The molecule has 144 valence electrons. The lowest BCUT2D eigenvalue weighted by atomic mass is 10.2. The molecule has 2 rings (SSSR count). The molecular formula is C18H21N3O4S2. The van der Waals surface area contributed by atoms with E-state index in [-0.39, 0.29) is 22.2 Å². The van der Waals surface area contributed by atoms with Crippen molar-refractivity contribution in [1.82, 2.24) is 10.9 Å². The summed E-state index contributed by atoms with van der Waals surface area (Å²) >= 11 is 5.08. The van der Waals surface area contributed by atoms with Crippen LogP contribution < -0.4 is 20.9 Å². The molecule has 0 saturated carbocycles. The number of carbonyl (C=O) groups is 1. The highest BCUT2D eigenvalue weighted by molar-refractivity contribution is 7.91. The van der Waals surface area contributed by atoms with Crippen LogP contribution in [-0.2, 0) is 14.6 Å². The first-order valence-electron chi connectivity index (χ1n) is 8.09. The fourth-order valence-electron chi connectivity index (χ4n) is 2.14. The van der Waals surface area contributed by atoms with Crippen molar-refractivity contribution in [2.75, 3.05) is 18.2 Å². The number of ether oxygens (including phenoxy) is 1. The maximum atomic E-state index is 12.2. The number of carbonyl (C=O) groups excluding carboxylic acids is 1. The molecule has 0 radical (unpaired) electrons. The molecule has 3 N–H and O–H groups in total. The van der Waals surface area contributed by atoms with Gasteiger partial charge in [-0.05, 0) is 43.4 Å². The number of aryl methyl sites for hydroxylation is 1. The highest BCUT2D eigenvalue weighted by Crippen LogP contribution is 2.16. The molecule has 2 aromatic carbocycles. The lowest BCUT2D eigenvalue weighted by molar-refractivity contribution is -0.121. The predicted octanol–water partition coefficient (Wildman–Crippen LogP) is 2.19. The van der Waals surface area contributed by atoms with Crippen LogP contribution in [0.4, 0.5) is 5.69 Å². The van der Waals surface area contributed by atoms with E-state index < -0.39 is 15.7 Å². The van der Waals surface area contributed by atoms with Gasteiger partial charge in [0, 0.05) is 18.2 Å². The van der Waals surface area contributed by atoms with Crippen LogP contribution >= 0.6 is 12.2 Å². The van der Waals surface area contributed by atoms with Crippen molar-refractivity contribution in [2.45, 2.75) is 18.2 Å². The van der Waals surface area contributed by atoms with Crippen molar-refractivity contribution >= 4 is 38.8 Å². The Bertz CT molecular complexity index is 912. The van der Waals surface area contributed by atoms with Crippen LogP contribution in [0.15, 0.2) is 53.4 Å². The molecule has 0 aromatic heterocycles. The van der Waals surface area contributed by atoms with Crippen LogP contribution in [-0.4, -0.2) is 32.3 Å². The summed E-state index contributed by atoms with van der Waals surface area (Å²) in [4.78, 5) is 12.1. The van der Waals surface area contributed by atoms with Crippen LogP contribution in [0.3, 0.4) is 0 Å². The topological polar surface area (TPSA) is 96.5 Å². The van der Waals surface area contributed by atoms with Gasteiger partial charge >= 0.3 is 0 Å². The maximum absolute atomic E-state index is 12.2. The van der Waals surface area contributed by atoms with Crippen LogP contribution in [0, 0.1) is 6.92 Å². The number of hydrazine groups is 1. The predicted molar refractivity (Wildman–Crippen MR) is 108 cm³/mol. The van der Waals surface area contributed by atoms with Crippen molar-refractivity contribution < 1.29 is 17.9 Å². The van der Waals surface area contributed by atoms with E-state index in [1.54, 1.807) is 43.5 Å². The van der Waals surface area contributed by atoms with Crippen molar-refractivity contribution in [3.05, 3.63) is 54.1 Å². The molecule has 0 aliphatic heterocycles. The quantitative estimate of drug-likeness (QED) is 0.499. The summed E-state index contributed by atoms with van der Waals surface area (Å²) in [5, 5.41) is 3.05. The molecule has 0 fully saturated rings. The number of hydrogen-bond donors (Lipinski definition) is 3. The number of sulfone groups is 1. The Kier molecular flexibility index (Phi) is 7.14. The summed E-state index contributed by atoms with van der Waals surface area (Å²) in [6.07, 6.45) is -0.190. The first-order valence-corrected chi connectivity index (χ1v) is 10.2. The second kappa shape index (κ2) is 9.33. The SMILES string of the molecule is COc1cccc(NC(=S)NNC(=O)CCS(=O)(=O)c2ccc(C)cc2)c1. The maximum Gasteiger partial charge on any atom is 0.239 e. The van der Waals surface area contributed by atoms with Gasteiger partial charge in [0.05, 0.1) is 17.8 Å². The van der Waals surface area contributed by atoms with Gasteiger partial charge in [-0.3, -0.25) is 15.6 Å². The van der Waals surface area contributed by atoms with Gasteiger partial charge in [-0.25, -0.2) is 8.42 Å². The monoisotopic (exact) mass is 407 g/mol. The van der Waals surface area contributed by atoms with E-state index in [4.69, 9.17) is 17.0 Å². The van der Waals surface area contributed by atoms with Gasteiger partial charge in [0.1, 0.15) is 5.75 Å². The molecule has 0 aliphatic rings. The zero-order chi connectivity index (χ0) is 19.9. The average molecular weight is 408 g/mol. The number of nitrogens with one attached hydrogen (secondary N) is 3. The van der Waals surface area contributed by atoms with Crippen molar-refractivity contribution in [3.63, 3.8) is 0 Å². The van der Waals surface area contributed by atoms with Gasteiger partial charge in [0.2, 0.25) is 5.91 Å². The molecule has 0 atom stereocenters. The molecule has 1 amide bonds. The summed E-state index contributed by atoms with van der Waals surface area (Å²) < 4.78 is 29.6. The number of hydrogen-bond acceptors (Lipinski definition) is 5. The Balaban J connectivity index is 1.80. The van der Waals surface area contributed by atoms with Crippen LogP contribution in [0.5, 0.6) is 5.75 Å². The van der Waals surface area contributed by atoms with E-state index in [2.05, 4.69) is 16.2 Å². The zero-order valence-corrected chi connectivity index (χ0v) is 16.6. The van der Waals surface area contributed by atoms with Crippen molar-refractivity contribution in [3.8, 4) is 5.75 Å². The second-order valence-corrected chi connectivity index (χ2v) is 8.26. The van der Waals surface area contributed by atoms with E-state index in [1.807, 2.05) is 6.92 Å². The third-order valence-electron chi connectivity index (χ3n) is 3.62. The normalized spacial score (nSPS) is 10.7. The van der Waals surface area contributed by atoms with Crippen LogP contribution in [0.25, 0.3) is 0 Å². The number of rotatable bonds is 6. The fourth-order valence-corrected chi connectivity index (χ4v) is 3.55. The molecule has 0 heterocycles. The average Bonchev–Trinajstić information content (AvgIpc) is 2.65. The second-order valence-electron chi connectivity index (χ2n) is 5.74. The van der Waals surface area contributed by atoms with E-state index in [9.17, 15) is 13.2 Å². The summed E-state index contributed by atoms with van der Waals surface area (Å²) in [7, 11) is -1.96. The van der Waals surface area contributed by atoms with Gasteiger partial charge < -0.3 is 10.1 Å². The molecule has 7 nitrogen and oxygen atoms in total. The molecule has 0 spiro atoms. The van der Waals surface area contributed by atoms with E-state index >= 15 is 0 Å².